The molecule has 2 aromatic carbocycles. The van der Waals surface area contributed by atoms with Crippen molar-refractivity contribution in [2.24, 2.45) is 0 Å². The van der Waals surface area contributed by atoms with Crippen molar-refractivity contribution >= 4 is 50.7 Å². The number of alkyl halides is 3. The van der Waals surface area contributed by atoms with Crippen LogP contribution in [0.4, 0.5) is 18.9 Å². The van der Waals surface area contributed by atoms with Crippen molar-refractivity contribution < 1.29 is 22.7 Å². The number of anilines is 1. The first-order chi connectivity index (χ1) is 11.2. The van der Waals surface area contributed by atoms with Crippen LogP contribution in [-0.2, 0) is 11.0 Å². The SMILES string of the molecule is O=C(COc1c(Cl)cc(Cl)cc1Br)Nc1cccc(C(F)(F)F)c1. The normalized spacial score (nSPS) is 11.2. The third kappa shape index (κ3) is 5.03. The minimum atomic E-state index is -4.49. The van der Waals surface area contributed by atoms with Crippen LogP contribution in [-0.4, -0.2) is 12.5 Å². The summed E-state index contributed by atoms with van der Waals surface area (Å²) in [7, 11) is 0. The molecule has 0 unspecified atom stereocenters. The van der Waals surface area contributed by atoms with Crippen LogP contribution >= 0.6 is 39.1 Å². The maximum Gasteiger partial charge on any atom is 0.416 e. The van der Waals surface area contributed by atoms with E-state index in [9.17, 15) is 18.0 Å². The van der Waals surface area contributed by atoms with Crippen molar-refractivity contribution in [3.63, 3.8) is 0 Å². The fourth-order valence-corrected chi connectivity index (χ4v) is 3.14. The number of amides is 1. The number of nitrogens with one attached hydrogen (secondary N) is 1. The Balaban J connectivity index is 2.02. The molecule has 0 heterocycles. The van der Waals surface area contributed by atoms with Crippen LogP contribution in [0.3, 0.4) is 0 Å². The number of carbonyl (C=O) groups is 1. The van der Waals surface area contributed by atoms with Gasteiger partial charge in [-0.1, -0.05) is 29.3 Å². The second-order valence-electron chi connectivity index (χ2n) is 4.61. The number of hydrogen-bond donors (Lipinski definition) is 1. The molecule has 9 heteroatoms. The summed E-state index contributed by atoms with van der Waals surface area (Å²) in [6.07, 6.45) is -4.49. The highest BCUT2D eigenvalue weighted by Gasteiger charge is 2.30. The van der Waals surface area contributed by atoms with Crippen molar-refractivity contribution in [3.8, 4) is 5.75 Å². The molecule has 0 bridgehead atoms. The van der Waals surface area contributed by atoms with Gasteiger partial charge in [0.25, 0.3) is 5.91 Å². The molecular formula is C15H9BrCl2F3NO2. The predicted octanol–water partition coefficient (Wildman–Crippen LogP) is 5.79. The minimum Gasteiger partial charge on any atom is -0.481 e. The van der Waals surface area contributed by atoms with Crippen LogP contribution in [0.15, 0.2) is 40.9 Å². The molecule has 1 amide bonds. The van der Waals surface area contributed by atoms with Gasteiger partial charge in [0.15, 0.2) is 12.4 Å². The summed E-state index contributed by atoms with van der Waals surface area (Å²) in [6, 6.07) is 7.27. The van der Waals surface area contributed by atoms with Crippen molar-refractivity contribution in [2.75, 3.05) is 11.9 Å². The average Bonchev–Trinajstić information content (AvgIpc) is 2.45. The molecule has 1 N–H and O–H groups in total. The van der Waals surface area contributed by atoms with E-state index in [0.717, 1.165) is 12.1 Å². The largest absolute Gasteiger partial charge is 0.481 e. The molecule has 0 radical (unpaired) electrons. The maximum atomic E-state index is 12.6. The molecule has 2 aromatic rings. The summed E-state index contributed by atoms with van der Waals surface area (Å²) in [6.45, 7) is -0.434. The Bertz CT molecular complexity index is 746. The summed E-state index contributed by atoms with van der Waals surface area (Å²) >= 11 is 15.0. The molecular weight excluding hydrogens is 434 g/mol. The third-order valence-corrected chi connectivity index (χ3v) is 3.87. The fourth-order valence-electron chi connectivity index (χ4n) is 1.77. The zero-order valence-corrected chi connectivity index (χ0v) is 14.9. The molecule has 24 heavy (non-hydrogen) atoms. The first-order valence-corrected chi connectivity index (χ1v) is 7.96. The Morgan fingerprint density at radius 3 is 2.54 bits per heavy atom. The maximum absolute atomic E-state index is 12.6. The molecule has 3 nitrogen and oxygen atoms in total. The number of hydrogen-bond acceptors (Lipinski definition) is 2. The van der Waals surface area contributed by atoms with Gasteiger partial charge in [-0.2, -0.15) is 13.2 Å². The van der Waals surface area contributed by atoms with Gasteiger partial charge in [-0.25, -0.2) is 0 Å². The van der Waals surface area contributed by atoms with Crippen LogP contribution in [0.1, 0.15) is 5.56 Å². The summed E-state index contributed by atoms with van der Waals surface area (Å²) in [5.74, 6) is -0.424. The second kappa shape index (κ2) is 7.63. The molecule has 0 spiro atoms. The zero-order valence-electron chi connectivity index (χ0n) is 11.8. The molecule has 128 valence electrons. The molecule has 0 saturated heterocycles. The van der Waals surface area contributed by atoms with Gasteiger partial charge in [-0.3, -0.25) is 4.79 Å². The molecule has 0 saturated carbocycles. The lowest BCUT2D eigenvalue weighted by Crippen LogP contribution is -2.20. The zero-order chi connectivity index (χ0) is 17.9. The average molecular weight is 443 g/mol. The monoisotopic (exact) mass is 441 g/mol. The minimum absolute atomic E-state index is 0.0136. The number of halogens is 6. The Labute approximate surface area is 153 Å². The number of rotatable bonds is 4. The Hall–Kier alpha value is -1.44. The summed E-state index contributed by atoms with van der Waals surface area (Å²) in [4.78, 5) is 11.8. The van der Waals surface area contributed by atoms with E-state index in [2.05, 4.69) is 21.2 Å². The topological polar surface area (TPSA) is 38.3 Å². The summed E-state index contributed by atoms with van der Waals surface area (Å²) in [5, 5.41) is 2.90. The predicted molar refractivity (Wildman–Crippen MR) is 89.7 cm³/mol. The van der Waals surface area contributed by atoms with Gasteiger partial charge >= 0.3 is 6.18 Å². The van der Waals surface area contributed by atoms with E-state index in [4.69, 9.17) is 27.9 Å². The van der Waals surface area contributed by atoms with Gasteiger partial charge < -0.3 is 10.1 Å². The molecule has 0 aliphatic heterocycles. The Kier molecular flexibility index (Phi) is 6.01. The lowest BCUT2D eigenvalue weighted by Gasteiger charge is -2.12. The number of ether oxygens (including phenoxy) is 1. The van der Waals surface area contributed by atoms with Crippen molar-refractivity contribution in [2.45, 2.75) is 6.18 Å². The standard InChI is InChI=1S/C15H9BrCl2F3NO2/c16-11-5-9(17)6-12(18)14(11)24-7-13(23)22-10-3-1-2-8(4-10)15(19,20)21/h1-6H,7H2,(H,22,23). The Morgan fingerprint density at radius 1 is 1.21 bits per heavy atom. The summed E-state index contributed by atoms with van der Waals surface area (Å²) in [5.41, 5.74) is -0.843. The fraction of sp³-hybridized carbons (Fsp3) is 0.133. The van der Waals surface area contributed by atoms with E-state index < -0.39 is 24.3 Å². The van der Waals surface area contributed by atoms with Crippen LogP contribution in [0.25, 0.3) is 0 Å². The van der Waals surface area contributed by atoms with E-state index in [1.807, 2.05) is 0 Å². The molecule has 0 aliphatic rings. The van der Waals surface area contributed by atoms with Crippen LogP contribution < -0.4 is 10.1 Å². The molecule has 2 rings (SSSR count). The highest BCUT2D eigenvalue weighted by Crippen LogP contribution is 2.36. The third-order valence-electron chi connectivity index (χ3n) is 2.78. The van der Waals surface area contributed by atoms with Gasteiger partial charge in [0.1, 0.15) is 0 Å². The van der Waals surface area contributed by atoms with E-state index >= 15 is 0 Å². The van der Waals surface area contributed by atoms with E-state index in [1.165, 1.54) is 24.3 Å². The van der Waals surface area contributed by atoms with Gasteiger partial charge in [0.2, 0.25) is 0 Å². The van der Waals surface area contributed by atoms with Gasteiger partial charge in [0.05, 0.1) is 15.1 Å². The van der Waals surface area contributed by atoms with Crippen molar-refractivity contribution in [1.82, 2.24) is 0 Å². The quantitative estimate of drug-likeness (QED) is 0.650. The van der Waals surface area contributed by atoms with E-state index in [-0.39, 0.29) is 16.5 Å². The van der Waals surface area contributed by atoms with Gasteiger partial charge in [-0.05, 0) is 46.3 Å². The molecule has 0 aromatic heterocycles. The highest BCUT2D eigenvalue weighted by atomic mass is 79.9. The molecule has 0 fully saturated rings. The van der Waals surface area contributed by atoms with Gasteiger partial charge in [-0.15, -0.1) is 0 Å². The van der Waals surface area contributed by atoms with Gasteiger partial charge in [0, 0.05) is 10.7 Å². The number of benzene rings is 2. The molecule has 0 aliphatic carbocycles. The smallest absolute Gasteiger partial charge is 0.416 e. The van der Waals surface area contributed by atoms with Crippen LogP contribution in [0.2, 0.25) is 10.0 Å². The van der Waals surface area contributed by atoms with E-state index in [1.54, 1.807) is 0 Å². The first kappa shape index (κ1) is 18.9. The van der Waals surface area contributed by atoms with E-state index in [0.29, 0.717) is 9.50 Å². The van der Waals surface area contributed by atoms with Crippen molar-refractivity contribution in [3.05, 3.63) is 56.5 Å². The number of carbonyl (C=O) groups excluding carboxylic acids is 1. The van der Waals surface area contributed by atoms with Crippen molar-refractivity contribution in [1.29, 1.82) is 0 Å². The lowest BCUT2D eigenvalue weighted by atomic mass is 10.2. The van der Waals surface area contributed by atoms with Crippen LogP contribution in [0, 0.1) is 0 Å². The Morgan fingerprint density at radius 2 is 1.92 bits per heavy atom. The lowest BCUT2D eigenvalue weighted by molar-refractivity contribution is -0.137. The summed E-state index contributed by atoms with van der Waals surface area (Å²) < 4.78 is 43.6. The molecule has 0 atom stereocenters. The second-order valence-corrected chi connectivity index (χ2v) is 6.31. The van der Waals surface area contributed by atoms with Crippen LogP contribution in [0.5, 0.6) is 5.75 Å². The highest BCUT2D eigenvalue weighted by molar-refractivity contribution is 9.10. The first-order valence-electron chi connectivity index (χ1n) is 6.41.